The summed E-state index contributed by atoms with van der Waals surface area (Å²) in [7, 11) is 0. The number of hydrogen-bond acceptors (Lipinski definition) is 4. The molecule has 132 valence electrons. The van der Waals surface area contributed by atoms with Crippen molar-refractivity contribution >= 4 is 11.6 Å². The Balaban J connectivity index is 1.67. The van der Waals surface area contributed by atoms with Crippen LogP contribution < -0.4 is 15.4 Å². The fourth-order valence-electron chi connectivity index (χ4n) is 3.50. The van der Waals surface area contributed by atoms with Crippen LogP contribution >= 0.6 is 0 Å². The number of rotatable bonds is 6. The van der Waals surface area contributed by atoms with Crippen LogP contribution in [0.2, 0.25) is 0 Å². The Morgan fingerprint density at radius 3 is 3.00 bits per heavy atom. The van der Waals surface area contributed by atoms with Gasteiger partial charge in [-0.1, -0.05) is 6.07 Å². The van der Waals surface area contributed by atoms with E-state index in [1.165, 1.54) is 18.4 Å². The van der Waals surface area contributed by atoms with Gasteiger partial charge in [0.25, 0.3) is 5.91 Å². The first kappa shape index (κ1) is 17.2. The van der Waals surface area contributed by atoms with E-state index >= 15 is 0 Å². The first-order chi connectivity index (χ1) is 11.8. The summed E-state index contributed by atoms with van der Waals surface area (Å²) in [5.41, 5.74) is 2.00. The predicted octanol–water partition coefficient (Wildman–Crippen LogP) is 2.74. The Kier molecular flexibility index (Phi) is 6.10. The first-order valence-electron chi connectivity index (χ1n) is 9.15. The number of nitrogens with one attached hydrogen (secondary N) is 2. The van der Waals surface area contributed by atoms with E-state index in [1.54, 1.807) is 0 Å². The quantitative estimate of drug-likeness (QED) is 0.841. The van der Waals surface area contributed by atoms with Gasteiger partial charge in [0.2, 0.25) is 0 Å². The van der Waals surface area contributed by atoms with E-state index in [1.807, 2.05) is 13.0 Å². The molecule has 0 radical (unpaired) electrons. The standard InChI is InChI=1S/C19H28N2O3/c1-2-23-18-12-14(11-15-5-3-9-20-13-15)7-8-16(18)21-19(22)17-6-4-10-24-17/h7-8,12,15,17,20H,2-6,9-11,13H2,1H3,(H,21,22). The Labute approximate surface area is 144 Å². The maximum absolute atomic E-state index is 12.3. The van der Waals surface area contributed by atoms with Gasteiger partial charge in [0.15, 0.2) is 0 Å². The minimum atomic E-state index is -0.326. The van der Waals surface area contributed by atoms with Crippen LogP contribution in [0.1, 0.15) is 38.2 Å². The molecule has 5 heteroatoms. The molecule has 3 rings (SSSR count). The van der Waals surface area contributed by atoms with Crippen molar-refractivity contribution in [2.75, 3.05) is 31.6 Å². The highest BCUT2D eigenvalue weighted by molar-refractivity contribution is 5.95. The summed E-state index contributed by atoms with van der Waals surface area (Å²) in [6.45, 7) is 5.43. The van der Waals surface area contributed by atoms with E-state index in [9.17, 15) is 4.79 Å². The summed E-state index contributed by atoms with van der Waals surface area (Å²) in [4.78, 5) is 12.3. The second kappa shape index (κ2) is 8.49. The molecule has 2 aliphatic rings. The van der Waals surface area contributed by atoms with Crippen LogP contribution in [0.3, 0.4) is 0 Å². The topological polar surface area (TPSA) is 59.6 Å². The zero-order valence-corrected chi connectivity index (χ0v) is 14.5. The molecule has 0 aromatic heterocycles. The van der Waals surface area contributed by atoms with E-state index in [4.69, 9.17) is 9.47 Å². The third-order valence-electron chi connectivity index (χ3n) is 4.75. The Morgan fingerprint density at radius 1 is 1.38 bits per heavy atom. The second-order valence-corrected chi connectivity index (χ2v) is 6.67. The van der Waals surface area contributed by atoms with Crippen molar-refractivity contribution in [2.45, 2.75) is 45.1 Å². The number of benzene rings is 1. The van der Waals surface area contributed by atoms with Crippen molar-refractivity contribution in [3.8, 4) is 5.75 Å². The zero-order chi connectivity index (χ0) is 16.8. The van der Waals surface area contributed by atoms with E-state index in [-0.39, 0.29) is 12.0 Å². The fourth-order valence-corrected chi connectivity index (χ4v) is 3.50. The van der Waals surface area contributed by atoms with Crippen LogP contribution in [0.15, 0.2) is 18.2 Å². The zero-order valence-electron chi connectivity index (χ0n) is 14.5. The number of piperidine rings is 1. The lowest BCUT2D eigenvalue weighted by atomic mass is 9.92. The van der Waals surface area contributed by atoms with Crippen LogP contribution in [0, 0.1) is 5.92 Å². The molecule has 0 saturated carbocycles. The maximum Gasteiger partial charge on any atom is 0.253 e. The number of anilines is 1. The van der Waals surface area contributed by atoms with Gasteiger partial charge >= 0.3 is 0 Å². The second-order valence-electron chi connectivity index (χ2n) is 6.67. The minimum Gasteiger partial charge on any atom is -0.492 e. The van der Waals surface area contributed by atoms with Crippen molar-refractivity contribution in [1.29, 1.82) is 0 Å². The Hall–Kier alpha value is -1.59. The Bertz CT molecular complexity index is 550. The molecular weight excluding hydrogens is 304 g/mol. The van der Waals surface area contributed by atoms with Gasteiger partial charge in [-0.25, -0.2) is 0 Å². The maximum atomic E-state index is 12.3. The summed E-state index contributed by atoms with van der Waals surface area (Å²) >= 11 is 0. The molecule has 0 aliphatic carbocycles. The monoisotopic (exact) mass is 332 g/mol. The van der Waals surface area contributed by atoms with Crippen molar-refractivity contribution in [1.82, 2.24) is 5.32 Å². The molecule has 0 spiro atoms. The highest BCUT2D eigenvalue weighted by Crippen LogP contribution is 2.29. The van der Waals surface area contributed by atoms with E-state index in [0.717, 1.165) is 43.8 Å². The molecule has 2 fully saturated rings. The molecule has 5 nitrogen and oxygen atoms in total. The molecule has 1 aromatic rings. The summed E-state index contributed by atoms with van der Waals surface area (Å²) in [6.07, 6.45) is 4.99. The fraction of sp³-hybridized carbons (Fsp3) is 0.632. The van der Waals surface area contributed by atoms with Gasteiger partial charge in [-0.05, 0) is 75.7 Å². The van der Waals surface area contributed by atoms with Crippen LogP contribution in [0.4, 0.5) is 5.69 Å². The molecular formula is C19H28N2O3. The smallest absolute Gasteiger partial charge is 0.253 e. The summed E-state index contributed by atoms with van der Waals surface area (Å²) in [5, 5.41) is 6.43. The summed E-state index contributed by atoms with van der Waals surface area (Å²) < 4.78 is 11.2. The van der Waals surface area contributed by atoms with Crippen molar-refractivity contribution in [3.05, 3.63) is 23.8 Å². The number of ether oxygens (including phenoxy) is 2. The molecule has 1 aromatic carbocycles. The average molecular weight is 332 g/mol. The SMILES string of the molecule is CCOc1cc(CC2CCCNC2)ccc1NC(=O)C1CCCO1. The molecule has 0 bridgehead atoms. The summed E-state index contributed by atoms with van der Waals surface area (Å²) in [6, 6.07) is 6.13. The van der Waals surface area contributed by atoms with Gasteiger partial charge in [-0.2, -0.15) is 0 Å². The Morgan fingerprint density at radius 2 is 2.29 bits per heavy atom. The molecule has 2 N–H and O–H groups in total. The van der Waals surface area contributed by atoms with Crippen LogP contribution in [0.25, 0.3) is 0 Å². The van der Waals surface area contributed by atoms with E-state index < -0.39 is 0 Å². The molecule has 2 unspecified atom stereocenters. The lowest BCUT2D eigenvalue weighted by Gasteiger charge is -2.23. The highest BCUT2D eigenvalue weighted by atomic mass is 16.5. The van der Waals surface area contributed by atoms with Gasteiger partial charge in [0.05, 0.1) is 12.3 Å². The van der Waals surface area contributed by atoms with Crippen molar-refractivity contribution < 1.29 is 14.3 Å². The normalized spacial score (nSPS) is 23.9. The third-order valence-corrected chi connectivity index (χ3v) is 4.75. The van der Waals surface area contributed by atoms with Crippen LogP contribution in [-0.2, 0) is 16.0 Å². The van der Waals surface area contributed by atoms with Gasteiger partial charge in [-0.15, -0.1) is 0 Å². The summed E-state index contributed by atoms with van der Waals surface area (Å²) in [5.74, 6) is 1.36. The van der Waals surface area contributed by atoms with E-state index in [0.29, 0.717) is 19.1 Å². The van der Waals surface area contributed by atoms with Gasteiger partial charge < -0.3 is 20.1 Å². The van der Waals surface area contributed by atoms with Crippen molar-refractivity contribution in [3.63, 3.8) is 0 Å². The molecule has 24 heavy (non-hydrogen) atoms. The van der Waals surface area contributed by atoms with Crippen molar-refractivity contribution in [2.24, 2.45) is 5.92 Å². The molecule has 2 saturated heterocycles. The van der Waals surface area contributed by atoms with E-state index in [2.05, 4.69) is 22.8 Å². The lowest BCUT2D eigenvalue weighted by Crippen LogP contribution is -2.30. The molecule has 2 heterocycles. The highest BCUT2D eigenvalue weighted by Gasteiger charge is 2.24. The first-order valence-corrected chi connectivity index (χ1v) is 9.15. The van der Waals surface area contributed by atoms with Crippen LogP contribution in [-0.4, -0.2) is 38.3 Å². The lowest BCUT2D eigenvalue weighted by molar-refractivity contribution is -0.124. The predicted molar refractivity (Wildman–Crippen MR) is 94.5 cm³/mol. The number of hydrogen-bond donors (Lipinski definition) is 2. The van der Waals surface area contributed by atoms with Crippen LogP contribution in [0.5, 0.6) is 5.75 Å². The number of carbonyl (C=O) groups is 1. The largest absolute Gasteiger partial charge is 0.492 e. The van der Waals surface area contributed by atoms with Gasteiger partial charge in [-0.3, -0.25) is 4.79 Å². The van der Waals surface area contributed by atoms with Gasteiger partial charge in [0.1, 0.15) is 11.9 Å². The van der Waals surface area contributed by atoms with Gasteiger partial charge in [0, 0.05) is 6.61 Å². The molecule has 2 atom stereocenters. The third kappa shape index (κ3) is 4.48. The number of amides is 1. The minimum absolute atomic E-state index is 0.0716. The molecule has 2 aliphatic heterocycles. The average Bonchev–Trinajstić information content (AvgIpc) is 3.13. The molecule has 1 amide bonds. The number of carbonyl (C=O) groups excluding carboxylic acids is 1.